The van der Waals surface area contributed by atoms with Gasteiger partial charge in [0.2, 0.25) is 0 Å². The summed E-state index contributed by atoms with van der Waals surface area (Å²) >= 11 is 11.9. The number of amides is 1. The van der Waals surface area contributed by atoms with Gasteiger partial charge in [0.15, 0.2) is 6.10 Å². The van der Waals surface area contributed by atoms with E-state index in [4.69, 9.17) is 37.4 Å². The fourth-order valence-corrected chi connectivity index (χ4v) is 3.17. The Morgan fingerprint density at radius 1 is 1.00 bits per heavy atom. The van der Waals surface area contributed by atoms with E-state index in [1.165, 1.54) is 12.3 Å². The molecule has 1 amide bonds. The summed E-state index contributed by atoms with van der Waals surface area (Å²) < 4.78 is 16.3. The molecule has 0 saturated heterocycles. The molecule has 0 spiro atoms. The first kappa shape index (κ1) is 25.1. The van der Waals surface area contributed by atoms with Crippen molar-refractivity contribution in [3.05, 3.63) is 87.9 Å². The molecule has 0 saturated carbocycles. The van der Waals surface area contributed by atoms with Crippen LogP contribution in [0.2, 0.25) is 10.0 Å². The molecule has 0 aliphatic rings. The summed E-state index contributed by atoms with van der Waals surface area (Å²) in [5.41, 5.74) is 3.51. The highest BCUT2D eigenvalue weighted by Gasteiger charge is 2.15. The number of hydrogen-bond acceptors (Lipinski definition) is 6. The minimum absolute atomic E-state index is 0.305. The fraction of sp³-hybridized carbons (Fsp3) is 0.160. The van der Waals surface area contributed by atoms with Crippen LogP contribution >= 0.6 is 23.2 Å². The van der Waals surface area contributed by atoms with E-state index in [1.54, 1.807) is 67.6 Å². The predicted octanol–water partition coefficient (Wildman–Crippen LogP) is 5.53. The molecular formula is C25H22Cl2N2O5. The van der Waals surface area contributed by atoms with Gasteiger partial charge >= 0.3 is 5.97 Å². The summed E-state index contributed by atoms with van der Waals surface area (Å²) in [5.74, 6) is 0.467. The van der Waals surface area contributed by atoms with Crippen molar-refractivity contribution in [3.8, 4) is 17.2 Å². The number of hydrazone groups is 1. The number of benzene rings is 3. The minimum Gasteiger partial charge on any atom is -0.494 e. The molecule has 1 atom stereocenters. The Labute approximate surface area is 207 Å². The van der Waals surface area contributed by atoms with E-state index >= 15 is 0 Å². The second kappa shape index (κ2) is 12.1. The topological polar surface area (TPSA) is 86.2 Å². The maximum absolute atomic E-state index is 12.3. The van der Waals surface area contributed by atoms with Crippen LogP contribution < -0.4 is 19.6 Å². The number of nitrogens with zero attached hydrogens (tertiary/aromatic N) is 1. The number of carbonyl (C=O) groups is 2. The molecule has 0 unspecified atom stereocenters. The van der Waals surface area contributed by atoms with E-state index in [-0.39, 0.29) is 0 Å². The zero-order chi connectivity index (χ0) is 24.5. The zero-order valence-electron chi connectivity index (χ0n) is 18.5. The predicted molar refractivity (Wildman–Crippen MR) is 131 cm³/mol. The van der Waals surface area contributed by atoms with Crippen LogP contribution in [0.15, 0.2) is 71.8 Å². The van der Waals surface area contributed by atoms with Gasteiger partial charge in [0.1, 0.15) is 17.2 Å². The third-order valence-corrected chi connectivity index (χ3v) is 4.98. The van der Waals surface area contributed by atoms with E-state index in [0.717, 1.165) is 0 Å². The van der Waals surface area contributed by atoms with Crippen LogP contribution in [0.1, 0.15) is 29.8 Å². The van der Waals surface area contributed by atoms with Crippen LogP contribution in [0, 0.1) is 0 Å². The SMILES string of the molecule is CCOc1ccc(C(=O)Oc2ccc(/C=N\NC(=O)[C@H](C)Oc3ccc(Cl)cc3Cl)cc2)cc1. The van der Waals surface area contributed by atoms with Crippen molar-refractivity contribution in [2.24, 2.45) is 5.10 Å². The van der Waals surface area contributed by atoms with Crippen molar-refractivity contribution in [3.63, 3.8) is 0 Å². The van der Waals surface area contributed by atoms with Gasteiger partial charge in [-0.3, -0.25) is 4.79 Å². The second-order valence-electron chi connectivity index (χ2n) is 6.99. The summed E-state index contributed by atoms with van der Waals surface area (Å²) in [6, 6.07) is 18.1. The Balaban J connectivity index is 1.50. The molecule has 0 aliphatic heterocycles. The van der Waals surface area contributed by atoms with Gasteiger partial charge in [-0.1, -0.05) is 23.2 Å². The number of halogens is 2. The molecule has 0 aliphatic carbocycles. The first-order valence-electron chi connectivity index (χ1n) is 10.4. The Hall–Kier alpha value is -3.55. The maximum atomic E-state index is 12.3. The van der Waals surface area contributed by atoms with E-state index in [2.05, 4.69) is 10.5 Å². The number of nitrogens with one attached hydrogen (secondary N) is 1. The minimum atomic E-state index is -0.833. The first-order chi connectivity index (χ1) is 16.4. The molecule has 0 aromatic heterocycles. The molecule has 3 aromatic rings. The Kier molecular flexibility index (Phi) is 8.90. The molecule has 0 heterocycles. The summed E-state index contributed by atoms with van der Waals surface area (Å²) in [5, 5.41) is 4.70. The molecule has 34 heavy (non-hydrogen) atoms. The quantitative estimate of drug-likeness (QED) is 0.180. The standard InChI is InChI=1S/C25H22Cl2N2O5/c1-3-32-20-11-6-18(7-12-20)25(31)34-21-9-4-17(5-10-21)15-28-29-24(30)16(2)33-23-13-8-19(26)14-22(23)27/h4-16H,3H2,1-2H3,(H,29,30)/b28-15-/t16-/m0/s1. The first-order valence-corrected chi connectivity index (χ1v) is 11.1. The van der Waals surface area contributed by atoms with E-state index in [0.29, 0.717) is 45.0 Å². The molecule has 0 fully saturated rings. The number of rotatable bonds is 9. The van der Waals surface area contributed by atoms with Crippen molar-refractivity contribution in [2.45, 2.75) is 20.0 Å². The highest BCUT2D eigenvalue weighted by Crippen LogP contribution is 2.28. The second-order valence-corrected chi connectivity index (χ2v) is 7.83. The monoisotopic (exact) mass is 500 g/mol. The van der Waals surface area contributed by atoms with Crippen molar-refractivity contribution in [1.29, 1.82) is 0 Å². The Bertz CT molecular complexity index is 1160. The zero-order valence-corrected chi connectivity index (χ0v) is 20.0. The van der Waals surface area contributed by atoms with Gasteiger partial charge in [0.25, 0.3) is 5.91 Å². The van der Waals surface area contributed by atoms with Gasteiger partial charge in [-0.15, -0.1) is 0 Å². The van der Waals surface area contributed by atoms with Gasteiger partial charge < -0.3 is 14.2 Å². The van der Waals surface area contributed by atoms with E-state index in [9.17, 15) is 9.59 Å². The average Bonchev–Trinajstić information content (AvgIpc) is 2.82. The van der Waals surface area contributed by atoms with Crippen molar-refractivity contribution >= 4 is 41.3 Å². The van der Waals surface area contributed by atoms with E-state index < -0.39 is 18.0 Å². The normalized spacial score (nSPS) is 11.6. The summed E-state index contributed by atoms with van der Waals surface area (Å²) in [7, 11) is 0. The van der Waals surface area contributed by atoms with Gasteiger partial charge in [0.05, 0.1) is 23.4 Å². The largest absolute Gasteiger partial charge is 0.494 e. The average molecular weight is 501 g/mol. The van der Waals surface area contributed by atoms with Crippen LogP contribution in [0.25, 0.3) is 0 Å². The lowest BCUT2D eigenvalue weighted by Gasteiger charge is -2.14. The number of hydrogen-bond donors (Lipinski definition) is 1. The molecule has 1 N–H and O–H groups in total. The number of esters is 1. The lowest BCUT2D eigenvalue weighted by atomic mass is 10.2. The van der Waals surface area contributed by atoms with Crippen LogP contribution in [0.3, 0.4) is 0 Å². The number of carbonyl (C=O) groups excluding carboxylic acids is 2. The van der Waals surface area contributed by atoms with Gasteiger partial charge in [-0.25, -0.2) is 10.2 Å². The Morgan fingerprint density at radius 2 is 1.68 bits per heavy atom. The highest BCUT2D eigenvalue weighted by atomic mass is 35.5. The Morgan fingerprint density at radius 3 is 2.32 bits per heavy atom. The summed E-state index contributed by atoms with van der Waals surface area (Å²) in [6.07, 6.45) is 0.623. The third kappa shape index (κ3) is 7.23. The van der Waals surface area contributed by atoms with Crippen LogP contribution in [0.4, 0.5) is 0 Å². The number of ether oxygens (including phenoxy) is 3. The highest BCUT2D eigenvalue weighted by molar-refractivity contribution is 6.35. The molecule has 7 nitrogen and oxygen atoms in total. The van der Waals surface area contributed by atoms with Gasteiger partial charge in [-0.05, 0) is 86.1 Å². The van der Waals surface area contributed by atoms with Crippen LogP contribution in [-0.2, 0) is 4.79 Å². The molecular weight excluding hydrogens is 479 g/mol. The van der Waals surface area contributed by atoms with Crippen molar-refractivity contribution < 1.29 is 23.8 Å². The molecule has 0 bridgehead atoms. The van der Waals surface area contributed by atoms with Crippen LogP contribution in [-0.4, -0.2) is 30.8 Å². The lowest BCUT2D eigenvalue weighted by Crippen LogP contribution is -2.33. The third-order valence-electron chi connectivity index (χ3n) is 4.45. The molecule has 9 heteroatoms. The van der Waals surface area contributed by atoms with E-state index in [1.807, 2.05) is 6.92 Å². The van der Waals surface area contributed by atoms with Gasteiger partial charge in [0, 0.05) is 5.02 Å². The molecule has 0 radical (unpaired) electrons. The summed E-state index contributed by atoms with van der Waals surface area (Å²) in [4.78, 5) is 24.5. The van der Waals surface area contributed by atoms with Crippen LogP contribution in [0.5, 0.6) is 17.2 Å². The lowest BCUT2D eigenvalue weighted by molar-refractivity contribution is -0.127. The van der Waals surface area contributed by atoms with Crippen molar-refractivity contribution in [2.75, 3.05) is 6.61 Å². The maximum Gasteiger partial charge on any atom is 0.343 e. The van der Waals surface area contributed by atoms with Gasteiger partial charge in [-0.2, -0.15) is 5.10 Å². The molecule has 3 rings (SSSR count). The smallest absolute Gasteiger partial charge is 0.343 e. The molecule has 3 aromatic carbocycles. The van der Waals surface area contributed by atoms with Crippen molar-refractivity contribution in [1.82, 2.24) is 5.43 Å². The molecule has 176 valence electrons. The fourth-order valence-electron chi connectivity index (χ4n) is 2.72. The summed E-state index contributed by atoms with van der Waals surface area (Å²) in [6.45, 7) is 4.01.